The Bertz CT molecular complexity index is 738. The lowest BCUT2D eigenvalue weighted by atomic mass is 10.1. The molecule has 144 valence electrons. The first-order valence-corrected chi connectivity index (χ1v) is 9.18. The Morgan fingerprint density at radius 2 is 2.07 bits per heavy atom. The highest BCUT2D eigenvalue weighted by Gasteiger charge is 2.35. The van der Waals surface area contributed by atoms with Crippen LogP contribution >= 0.6 is 0 Å². The fourth-order valence-electron chi connectivity index (χ4n) is 3.32. The Kier molecular flexibility index (Phi) is 6.51. The zero-order valence-corrected chi connectivity index (χ0v) is 15.1. The predicted molar refractivity (Wildman–Crippen MR) is 97.4 cm³/mol. The van der Waals surface area contributed by atoms with Gasteiger partial charge in [0.25, 0.3) is 0 Å². The van der Waals surface area contributed by atoms with Gasteiger partial charge in [0, 0.05) is 25.9 Å². The molecule has 2 amide bonds. The quantitative estimate of drug-likeness (QED) is 0.758. The molecule has 1 aromatic carbocycles. The molecule has 1 N–H and O–H groups in total. The molecule has 2 aromatic rings. The summed E-state index contributed by atoms with van der Waals surface area (Å²) in [6.07, 6.45) is 3.48. The van der Waals surface area contributed by atoms with Gasteiger partial charge in [-0.2, -0.15) is 5.10 Å². The number of hydrogen-bond donors (Lipinski definition) is 1. The second kappa shape index (κ2) is 9.25. The first kappa shape index (κ1) is 19.0. The van der Waals surface area contributed by atoms with Crippen molar-refractivity contribution in [2.24, 2.45) is 0 Å². The number of nitrogens with one attached hydrogen (secondary N) is 1. The van der Waals surface area contributed by atoms with Crippen molar-refractivity contribution in [2.45, 2.75) is 44.4 Å². The van der Waals surface area contributed by atoms with Gasteiger partial charge in [-0.1, -0.05) is 30.3 Å². The van der Waals surface area contributed by atoms with E-state index >= 15 is 0 Å². The summed E-state index contributed by atoms with van der Waals surface area (Å²) in [5, 5.41) is 6.83. The van der Waals surface area contributed by atoms with Crippen LogP contribution in [0, 0.1) is 0 Å². The van der Waals surface area contributed by atoms with Crippen LogP contribution in [-0.4, -0.2) is 56.8 Å². The van der Waals surface area contributed by atoms with Crippen molar-refractivity contribution in [3.63, 3.8) is 0 Å². The van der Waals surface area contributed by atoms with E-state index in [4.69, 9.17) is 0 Å². The minimum atomic E-state index is -1.04. The maximum atomic E-state index is 13.9. The average Bonchev–Trinajstić information content (AvgIpc) is 3.30. The number of carbonyl (C=O) groups excluding carboxylic acids is 2. The summed E-state index contributed by atoms with van der Waals surface area (Å²) in [5.41, 5.74) is 0.922. The molecular weight excluding hydrogens is 349 g/mol. The highest BCUT2D eigenvalue weighted by atomic mass is 19.1. The summed E-state index contributed by atoms with van der Waals surface area (Å²) >= 11 is 0. The molecule has 8 heteroatoms. The molecule has 1 aliphatic rings. The lowest BCUT2D eigenvalue weighted by Gasteiger charge is -2.24. The Labute approximate surface area is 157 Å². The highest BCUT2D eigenvalue weighted by Crippen LogP contribution is 2.21. The van der Waals surface area contributed by atoms with Crippen LogP contribution in [0.4, 0.5) is 4.39 Å². The summed E-state index contributed by atoms with van der Waals surface area (Å²) in [5.74, 6) is -0.209. The molecule has 0 saturated carbocycles. The van der Waals surface area contributed by atoms with Gasteiger partial charge in [0.05, 0.1) is 19.0 Å². The first-order chi connectivity index (χ1) is 13.1. The van der Waals surface area contributed by atoms with Crippen molar-refractivity contribution in [1.29, 1.82) is 0 Å². The second-order valence-electron chi connectivity index (χ2n) is 6.76. The third kappa shape index (κ3) is 5.60. The monoisotopic (exact) mass is 373 g/mol. The number of likely N-dealkylation sites (tertiary alicyclic amines) is 1. The Balaban J connectivity index is 1.45. The molecule has 0 unspecified atom stereocenters. The SMILES string of the molecule is O=C(Cc1ccccc1)NC[C@@H]1C[C@H](F)CN1C(=O)CCCn1cncn1. The van der Waals surface area contributed by atoms with Gasteiger partial charge in [0.1, 0.15) is 18.8 Å². The van der Waals surface area contributed by atoms with Crippen LogP contribution in [0.15, 0.2) is 43.0 Å². The summed E-state index contributed by atoms with van der Waals surface area (Å²) < 4.78 is 15.5. The number of nitrogens with zero attached hydrogens (tertiary/aromatic N) is 4. The number of halogens is 1. The number of benzene rings is 1. The van der Waals surface area contributed by atoms with Crippen molar-refractivity contribution >= 4 is 11.8 Å². The van der Waals surface area contributed by atoms with Crippen LogP contribution in [-0.2, 0) is 22.6 Å². The van der Waals surface area contributed by atoms with E-state index < -0.39 is 6.17 Å². The number of rotatable bonds is 8. The van der Waals surface area contributed by atoms with E-state index in [-0.39, 0.29) is 43.8 Å². The topological polar surface area (TPSA) is 80.1 Å². The fourth-order valence-corrected chi connectivity index (χ4v) is 3.32. The molecule has 0 bridgehead atoms. The fraction of sp³-hybridized carbons (Fsp3) is 0.474. The maximum Gasteiger partial charge on any atom is 0.224 e. The predicted octanol–water partition coefficient (Wildman–Crippen LogP) is 1.36. The van der Waals surface area contributed by atoms with Crippen LogP contribution < -0.4 is 5.32 Å². The zero-order chi connectivity index (χ0) is 19.1. The van der Waals surface area contributed by atoms with Crippen molar-refractivity contribution in [3.8, 4) is 0 Å². The van der Waals surface area contributed by atoms with Gasteiger partial charge in [-0.3, -0.25) is 14.3 Å². The first-order valence-electron chi connectivity index (χ1n) is 9.18. The third-order valence-electron chi connectivity index (χ3n) is 4.67. The van der Waals surface area contributed by atoms with E-state index in [1.807, 2.05) is 30.3 Å². The largest absolute Gasteiger partial charge is 0.354 e. The molecule has 0 radical (unpaired) electrons. The third-order valence-corrected chi connectivity index (χ3v) is 4.67. The van der Waals surface area contributed by atoms with E-state index in [0.717, 1.165) is 5.56 Å². The number of carbonyl (C=O) groups is 2. The molecule has 27 heavy (non-hydrogen) atoms. The Morgan fingerprint density at radius 1 is 1.26 bits per heavy atom. The normalized spacial score (nSPS) is 19.2. The highest BCUT2D eigenvalue weighted by molar-refractivity contribution is 5.79. The van der Waals surface area contributed by atoms with Gasteiger partial charge in [-0.05, 0) is 12.0 Å². The van der Waals surface area contributed by atoms with Crippen molar-refractivity contribution < 1.29 is 14.0 Å². The van der Waals surface area contributed by atoms with Crippen LogP contribution in [0.2, 0.25) is 0 Å². The second-order valence-corrected chi connectivity index (χ2v) is 6.76. The maximum absolute atomic E-state index is 13.9. The smallest absolute Gasteiger partial charge is 0.224 e. The lowest BCUT2D eigenvalue weighted by molar-refractivity contribution is -0.132. The van der Waals surface area contributed by atoms with Gasteiger partial charge in [-0.25, -0.2) is 9.37 Å². The number of hydrogen-bond acceptors (Lipinski definition) is 4. The summed E-state index contributed by atoms with van der Waals surface area (Å²) in [4.78, 5) is 30.0. The van der Waals surface area contributed by atoms with Gasteiger partial charge < -0.3 is 10.2 Å². The van der Waals surface area contributed by atoms with Crippen LogP contribution in [0.5, 0.6) is 0 Å². The van der Waals surface area contributed by atoms with E-state index in [1.165, 1.54) is 6.33 Å². The zero-order valence-electron chi connectivity index (χ0n) is 15.1. The van der Waals surface area contributed by atoms with Gasteiger partial charge in [-0.15, -0.1) is 0 Å². The average molecular weight is 373 g/mol. The number of aryl methyl sites for hydroxylation is 1. The van der Waals surface area contributed by atoms with Gasteiger partial charge >= 0.3 is 0 Å². The molecule has 1 saturated heterocycles. The molecule has 2 atom stereocenters. The molecule has 0 aliphatic carbocycles. The molecule has 1 aromatic heterocycles. The summed E-state index contributed by atoms with van der Waals surface area (Å²) in [7, 11) is 0. The van der Waals surface area contributed by atoms with Crippen LogP contribution in [0.1, 0.15) is 24.8 Å². The molecule has 3 rings (SSSR count). The number of amides is 2. The number of aromatic nitrogens is 3. The van der Waals surface area contributed by atoms with Crippen molar-refractivity contribution in [2.75, 3.05) is 13.1 Å². The molecule has 1 aliphatic heterocycles. The Hall–Kier alpha value is -2.77. The molecule has 7 nitrogen and oxygen atoms in total. The van der Waals surface area contributed by atoms with Gasteiger partial charge in [0.15, 0.2) is 0 Å². The minimum Gasteiger partial charge on any atom is -0.354 e. The Morgan fingerprint density at radius 3 is 2.81 bits per heavy atom. The van der Waals surface area contributed by atoms with E-state index in [0.29, 0.717) is 19.4 Å². The molecular formula is C19H24FN5O2. The van der Waals surface area contributed by atoms with Crippen LogP contribution in [0.25, 0.3) is 0 Å². The van der Waals surface area contributed by atoms with Crippen molar-refractivity contribution in [1.82, 2.24) is 25.0 Å². The van der Waals surface area contributed by atoms with Crippen LogP contribution in [0.3, 0.4) is 0 Å². The van der Waals surface area contributed by atoms with Gasteiger partial charge in [0.2, 0.25) is 11.8 Å². The summed E-state index contributed by atoms with van der Waals surface area (Å²) in [6, 6.07) is 9.14. The van der Waals surface area contributed by atoms with E-state index in [2.05, 4.69) is 15.4 Å². The molecule has 1 fully saturated rings. The molecule has 2 heterocycles. The van der Waals surface area contributed by atoms with E-state index in [1.54, 1.807) is 15.9 Å². The van der Waals surface area contributed by atoms with Crippen molar-refractivity contribution in [3.05, 3.63) is 48.5 Å². The minimum absolute atomic E-state index is 0.0856. The van der Waals surface area contributed by atoms with E-state index in [9.17, 15) is 14.0 Å². The molecule has 0 spiro atoms. The number of alkyl halides is 1. The lowest BCUT2D eigenvalue weighted by Crippen LogP contribution is -2.43. The summed E-state index contributed by atoms with van der Waals surface area (Å²) in [6.45, 7) is 0.972. The standard InChI is InChI=1S/C19H24FN5O2/c20-16-10-17(11-22-18(26)9-15-5-2-1-3-6-15)25(12-16)19(27)7-4-8-24-14-21-13-23-24/h1-3,5-6,13-14,16-17H,4,7-12H2,(H,22,26)/t16-,17-/m0/s1.